The van der Waals surface area contributed by atoms with Gasteiger partial charge in [0.1, 0.15) is 5.82 Å². The Bertz CT molecular complexity index is 299. The molecule has 0 unspecified atom stereocenters. The SMILES string of the molecule is C=CCN(CCO)c1cccc(C)n1. The summed E-state index contributed by atoms with van der Waals surface area (Å²) in [4.78, 5) is 6.36. The molecule has 1 aromatic heterocycles. The van der Waals surface area contributed by atoms with E-state index >= 15 is 0 Å². The monoisotopic (exact) mass is 192 g/mol. The summed E-state index contributed by atoms with van der Waals surface area (Å²) in [5, 5.41) is 8.89. The zero-order valence-corrected chi connectivity index (χ0v) is 8.48. The summed E-state index contributed by atoms with van der Waals surface area (Å²) in [5.74, 6) is 0.888. The first-order valence-electron chi connectivity index (χ1n) is 4.68. The molecule has 0 saturated heterocycles. The summed E-state index contributed by atoms with van der Waals surface area (Å²) in [6, 6.07) is 5.85. The number of nitrogens with zero attached hydrogens (tertiary/aromatic N) is 2. The van der Waals surface area contributed by atoms with Crippen molar-refractivity contribution in [3.8, 4) is 0 Å². The number of aliphatic hydroxyl groups is 1. The van der Waals surface area contributed by atoms with Gasteiger partial charge in [-0.1, -0.05) is 12.1 Å². The Balaban J connectivity index is 2.80. The molecule has 0 saturated carbocycles. The number of anilines is 1. The lowest BCUT2D eigenvalue weighted by Gasteiger charge is -2.21. The van der Waals surface area contributed by atoms with Crippen LogP contribution in [0.4, 0.5) is 5.82 Å². The average molecular weight is 192 g/mol. The summed E-state index contributed by atoms with van der Waals surface area (Å²) >= 11 is 0. The maximum absolute atomic E-state index is 8.89. The molecule has 76 valence electrons. The Morgan fingerprint density at radius 2 is 2.36 bits per heavy atom. The van der Waals surface area contributed by atoms with E-state index in [1.807, 2.05) is 30.0 Å². The highest BCUT2D eigenvalue weighted by Crippen LogP contribution is 2.10. The molecule has 1 heterocycles. The van der Waals surface area contributed by atoms with Crippen LogP contribution in [0.25, 0.3) is 0 Å². The lowest BCUT2D eigenvalue weighted by atomic mass is 10.3. The Kier molecular flexibility index (Phi) is 4.13. The van der Waals surface area contributed by atoms with Gasteiger partial charge in [0.2, 0.25) is 0 Å². The minimum absolute atomic E-state index is 0.128. The van der Waals surface area contributed by atoms with Crippen LogP contribution in [0, 0.1) is 6.92 Å². The molecule has 0 aliphatic heterocycles. The Morgan fingerprint density at radius 3 is 2.93 bits per heavy atom. The molecular weight excluding hydrogens is 176 g/mol. The summed E-state index contributed by atoms with van der Waals surface area (Å²) in [7, 11) is 0. The van der Waals surface area contributed by atoms with Crippen molar-refractivity contribution in [2.45, 2.75) is 6.92 Å². The van der Waals surface area contributed by atoms with E-state index in [4.69, 9.17) is 5.11 Å². The van der Waals surface area contributed by atoms with Crippen LogP contribution in [0.2, 0.25) is 0 Å². The van der Waals surface area contributed by atoms with E-state index in [1.165, 1.54) is 0 Å². The quantitative estimate of drug-likeness (QED) is 0.716. The van der Waals surface area contributed by atoms with E-state index in [1.54, 1.807) is 6.08 Å². The van der Waals surface area contributed by atoms with E-state index in [-0.39, 0.29) is 6.61 Å². The van der Waals surface area contributed by atoms with E-state index in [2.05, 4.69) is 11.6 Å². The largest absolute Gasteiger partial charge is 0.395 e. The predicted molar refractivity (Wildman–Crippen MR) is 58.5 cm³/mol. The van der Waals surface area contributed by atoms with Gasteiger partial charge in [-0.3, -0.25) is 0 Å². The Morgan fingerprint density at radius 1 is 1.57 bits per heavy atom. The van der Waals surface area contributed by atoms with Gasteiger partial charge < -0.3 is 10.0 Å². The molecular formula is C11H16N2O. The van der Waals surface area contributed by atoms with Crippen molar-refractivity contribution in [2.75, 3.05) is 24.6 Å². The van der Waals surface area contributed by atoms with Crippen molar-refractivity contribution in [3.63, 3.8) is 0 Å². The third-order valence-corrected chi connectivity index (χ3v) is 1.92. The molecule has 3 nitrogen and oxygen atoms in total. The first-order chi connectivity index (χ1) is 6.77. The van der Waals surface area contributed by atoms with E-state index in [9.17, 15) is 0 Å². The van der Waals surface area contributed by atoms with Gasteiger partial charge in [0.05, 0.1) is 6.61 Å². The van der Waals surface area contributed by atoms with Gasteiger partial charge in [-0.15, -0.1) is 6.58 Å². The number of aromatic nitrogens is 1. The smallest absolute Gasteiger partial charge is 0.129 e. The molecule has 0 amide bonds. The molecule has 1 N–H and O–H groups in total. The lowest BCUT2D eigenvalue weighted by molar-refractivity contribution is 0.302. The van der Waals surface area contributed by atoms with Gasteiger partial charge in [-0.2, -0.15) is 0 Å². The maximum Gasteiger partial charge on any atom is 0.129 e. The van der Waals surface area contributed by atoms with Crippen LogP contribution in [-0.4, -0.2) is 29.8 Å². The fourth-order valence-corrected chi connectivity index (χ4v) is 1.28. The van der Waals surface area contributed by atoms with Crippen LogP contribution in [-0.2, 0) is 0 Å². The third kappa shape index (κ3) is 2.85. The van der Waals surface area contributed by atoms with Gasteiger partial charge in [0, 0.05) is 18.8 Å². The van der Waals surface area contributed by atoms with E-state index in [0.29, 0.717) is 13.1 Å². The average Bonchev–Trinajstić information content (AvgIpc) is 2.17. The zero-order valence-electron chi connectivity index (χ0n) is 8.48. The molecule has 14 heavy (non-hydrogen) atoms. The van der Waals surface area contributed by atoms with Gasteiger partial charge >= 0.3 is 0 Å². The van der Waals surface area contributed by atoms with Gasteiger partial charge in [-0.25, -0.2) is 4.98 Å². The molecule has 0 spiro atoms. The standard InChI is InChI=1S/C11H16N2O/c1-3-7-13(8-9-14)11-6-4-5-10(2)12-11/h3-6,14H,1,7-9H2,2H3. The molecule has 1 rings (SSSR count). The van der Waals surface area contributed by atoms with Gasteiger partial charge in [-0.05, 0) is 19.1 Å². The van der Waals surface area contributed by atoms with Gasteiger partial charge in [0.25, 0.3) is 0 Å². The van der Waals surface area contributed by atoms with Crippen molar-refractivity contribution in [1.29, 1.82) is 0 Å². The number of aliphatic hydroxyl groups excluding tert-OH is 1. The van der Waals surface area contributed by atoms with Gasteiger partial charge in [0.15, 0.2) is 0 Å². The fraction of sp³-hybridized carbons (Fsp3) is 0.364. The second-order valence-electron chi connectivity index (χ2n) is 3.10. The number of rotatable bonds is 5. The molecule has 0 fully saturated rings. The molecule has 0 aliphatic carbocycles. The normalized spacial score (nSPS) is 9.86. The molecule has 3 heteroatoms. The minimum Gasteiger partial charge on any atom is -0.395 e. The fourth-order valence-electron chi connectivity index (χ4n) is 1.28. The summed E-state index contributed by atoms with van der Waals surface area (Å²) in [6.07, 6.45) is 1.81. The third-order valence-electron chi connectivity index (χ3n) is 1.92. The molecule has 1 aromatic rings. The minimum atomic E-state index is 0.128. The van der Waals surface area contributed by atoms with Crippen molar-refractivity contribution in [3.05, 3.63) is 36.5 Å². The van der Waals surface area contributed by atoms with E-state index < -0.39 is 0 Å². The van der Waals surface area contributed by atoms with Crippen molar-refractivity contribution in [2.24, 2.45) is 0 Å². The second kappa shape index (κ2) is 5.40. The summed E-state index contributed by atoms with van der Waals surface area (Å²) < 4.78 is 0. The van der Waals surface area contributed by atoms with Crippen LogP contribution in [0.15, 0.2) is 30.9 Å². The Hall–Kier alpha value is -1.35. The predicted octanol–water partition coefficient (Wildman–Crippen LogP) is 1.37. The van der Waals surface area contributed by atoms with E-state index in [0.717, 1.165) is 11.5 Å². The molecule has 0 aliphatic rings. The first kappa shape index (κ1) is 10.7. The molecule has 0 atom stereocenters. The highest BCUT2D eigenvalue weighted by Gasteiger charge is 2.04. The number of hydrogen-bond donors (Lipinski definition) is 1. The van der Waals surface area contributed by atoms with Crippen LogP contribution >= 0.6 is 0 Å². The highest BCUT2D eigenvalue weighted by molar-refractivity contribution is 5.39. The van der Waals surface area contributed by atoms with Crippen LogP contribution in [0.5, 0.6) is 0 Å². The zero-order chi connectivity index (χ0) is 10.4. The van der Waals surface area contributed by atoms with Crippen molar-refractivity contribution in [1.82, 2.24) is 4.98 Å². The number of pyridine rings is 1. The van der Waals surface area contributed by atoms with Crippen LogP contribution < -0.4 is 4.90 Å². The summed E-state index contributed by atoms with van der Waals surface area (Å²) in [6.45, 7) is 7.05. The second-order valence-corrected chi connectivity index (χ2v) is 3.10. The highest BCUT2D eigenvalue weighted by atomic mass is 16.3. The first-order valence-corrected chi connectivity index (χ1v) is 4.68. The molecule has 0 radical (unpaired) electrons. The lowest BCUT2D eigenvalue weighted by Crippen LogP contribution is -2.27. The molecule has 0 bridgehead atoms. The topological polar surface area (TPSA) is 36.4 Å². The van der Waals surface area contributed by atoms with Crippen LogP contribution in [0.1, 0.15) is 5.69 Å². The van der Waals surface area contributed by atoms with Crippen LogP contribution in [0.3, 0.4) is 0 Å². The molecule has 0 aromatic carbocycles. The Labute approximate surface area is 84.7 Å². The van der Waals surface area contributed by atoms with Crippen molar-refractivity contribution >= 4 is 5.82 Å². The number of aryl methyl sites for hydroxylation is 1. The number of hydrogen-bond acceptors (Lipinski definition) is 3. The maximum atomic E-state index is 8.89. The van der Waals surface area contributed by atoms with Crippen molar-refractivity contribution < 1.29 is 5.11 Å². The summed E-state index contributed by atoms with van der Waals surface area (Å²) in [5.41, 5.74) is 0.981.